The van der Waals surface area contributed by atoms with Gasteiger partial charge in [0.25, 0.3) is 0 Å². The number of nitrogens with zero attached hydrogens (tertiary/aromatic N) is 2. The summed E-state index contributed by atoms with van der Waals surface area (Å²) in [6, 6.07) is 17.3. The number of unbranched alkanes of at least 4 members (excludes halogenated alkanes) is 4. The van der Waals surface area contributed by atoms with Gasteiger partial charge in [0.05, 0.1) is 24.2 Å². The number of esters is 2. The number of aliphatic carboxylic acids is 2. The van der Waals surface area contributed by atoms with Crippen LogP contribution in [0.1, 0.15) is 160 Å². The molecule has 2 aromatic carbocycles. The van der Waals surface area contributed by atoms with E-state index in [0.717, 1.165) is 0 Å². The summed E-state index contributed by atoms with van der Waals surface area (Å²) >= 11 is 0. The summed E-state index contributed by atoms with van der Waals surface area (Å²) in [5.41, 5.74) is -4.41. The van der Waals surface area contributed by atoms with Gasteiger partial charge >= 0.3 is 11.9 Å². The van der Waals surface area contributed by atoms with Crippen LogP contribution in [0, 0.1) is 5.41 Å². The maximum atomic E-state index is 13.5. The summed E-state index contributed by atoms with van der Waals surface area (Å²) in [7, 11) is 0. The smallest absolute Gasteiger partial charge is 0.338 e. The molecule has 2 fully saturated rings. The van der Waals surface area contributed by atoms with E-state index < -0.39 is 101 Å². The molecule has 0 unspecified atom stereocenters. The lowest BCUT2D eigenvalue weighted by Gasteiger charge is -2.57. The number of carboxylic acid groups (broad SMARTS) is 2. The molecular formula is C48H70N2O12-2. The third-order valence-corrected chi connectivity index (χ3v) is 12.9. The summed E-state index contributed by atoms with van der Waals surface area (Å²) in [6.07, 6.45) is 0.751. The van der Waals surface area contributed by atoms with Crippen LogP contribution in [0.25, 0.3) is 0 Å². The highest BCUT2D eigenvalue weighted by Crippen LogP contribution is 2.46. The molecule has 2 aliphatic heterocycles. The molecule has 0 aromatic heterocycles. The summed E-state index contributed by atoms with van der Waals surface area (Å²) < 4.78 is 11.9. The monoisotopic (exact) mass is 866 g/mol. The number of rotatable bonds is 21. The molecule has 0 radical (unpaired) electrons. The van der Waals surface area contributed by atoms with Crippen LogP contribution >= 0.6 is 0 Å². The Labute approximate surface area is 367 Å². The van der Waals surface area contributed by atoms with E-state index in [1.165, 1.54) is 0 Å². The topological polar surface area (TPSA) is 220 Å². The van der Waals surface area contributed by atoms with Crippen molar-refractivity contribution in [2.45, 2.75) is 185 Å². The summed E-state index contributed by atoms with van der Waals surface area (Å²) in [5.74, 6) is -9.10. The minimum Gasteiger partial charge on any atom is -0.550 e. The second-order valence-electron chi connectivity index (χ2n) is 20.6. The van der Waals surface area contributed by atoms with Crippen LogP contribution in [0.2, 0.25) is 0 Å². The number of carboxylic acids is 2. The maximum absolute atomic E-state index is 13.5. The zero-order valence-electron chi connectivity index (χ0n) is 38.0. The van der Waals surface area contributed by atoms with Gasteiger partial charge in [0.1, 0.15) is 12.2 Å². The normalized spacial score (nSPS) is 19.7. The molecule has 14 heteroatoms. The number of likely N-dealkylation sites (tertiary alicyclic amines) is 2. The van der Waals surface area contributed by atoms with E-state index in [1.54, 1.807) is 60.7 Å². The second kappa shape index (κ2) is 19.9. The molecule has 2 aliphatic rings. The molecule has 0 bridgehead atoms. The summed E-state index contributed by atoms with van der Waals surface area (Å²) in [6.45, 7) is 14.3. The Morgan fingerprint density at radius 1 is 0.581 bits per heavy atom. The van der Waals surface area contributed by atoms with Gasteiger partial charge in [-0.3, -0.25) is 9.80 Å². The number of carbonyl (C=O) groups excluding carboxylic acids is 4. The molecule has 4 N–H and O–H groups in total. The molecule has 4 rings (SSSR count). The van der Waals surface area contributed by atoms with E-state index in [2.05, 4.69) is 0 Å². The lowest BCUT2D eigenvalue weighted by atomic mass is 9.70. The zero-order chi connectivity index (χ0) is 46.4. The van der Waals surface area contributed by atoms with Gasteiger partial charge in [0.2, 0.25) is 0 Å². The molecule has 2 saturated heterocycles. The van der Waals surface area contributed by atoms with E-state index in [1.807, 2.05) is 65.2 Å². The SMILES string of the molecule is CC1(C)CC(OC(=O)c2ccccc2)CC(C)(C)N1CC(O)(O)CC(CCCCCCCC(=O)[O-])(CC(O)(O)CN1C(C)(C)CC(OC(=O)c2ccccc2)CC1(C)C)C(=O)[O-]. The van der Waals surface area contributed by atoms with Gasteiger partial charge in [-0.15, -0.1) is 0 Å². The number of hydrogen-bond acceptors (Lipinski definition) is 14. The van der Waals surface area contributed by atoms with Gasteiger partial charge in [-0.2, -0.15) is 0 Å². The van der Waals surface area contributed by atoms with E-state index in [4.69, 9.17) is 9.47 Å². The number of piperidine rings is 2. The first-order valence-electron chi connectivity index (χ1n) is 22.0. The zero-order valence-corrected chi connectivity index (χ0v) is 38.0. The number of benzene rings is 2. The molecule has 14 nitrogen and oxygen atoms in total. The maximum Gasteiger partial charge on any atom is 0.338 e. The summed E-state index contributed by atoms with van der Waals surface area (Å²) in [4.78, 5) is 54.1. The first-order valence-corrected chi connectivity index (χ1v) is 22.0. The van der Waals surface area contributed by atoms with Crippen LogP contribution in [0.3, 0.4) is 0 Å². The Hall–Kier alpha value is -3.92. The summed E-state index contributed by atoms with van der Waals surface area (Å²) in [5, 5.41) is 72.1. The number of ether oxygens (including phenoxy) is 2. The van der Waals surface area contributed by atoms with Crippen molar-refractivity contribution in [1.29, 1.82) is 0 Å². The van der Waals surface area contributed by atoms with Gasteiger partial charge in [0, 0.05) is 78.0 Å². The van der Waals surface area contributed by atoms with Crippen molar-refractivity contribution in [3.63, 3.8) is 0 Å². The quantitative estimate of drug-likeness (QED) is 0.0789. The minimum atomic E-state index is -2.67. The van der Waals surface area contributed by atoms with Gasteiger partial charge < -0.3 is 49.7 Å². The fraction of sp³-hybridized carbons (Fsp3) is 0.667. The molecular weight excluding hydrogens is 797 g/mol. The van der Waals surface area contributed by atoms with Crippen LogP contribution in [-0.4, -0.2) is 113 Å². The highest BCUT2D eigenvalue weighted by Gasteiger charge is 2.54. The molecule has 0 atom stereocenters. The number of carbonyl (C=O) groups is 4. The predicted octanol–water partition coefficient (Wildman–Crippen LogP) is 4.10. The Morgan fingerprint density at radius 3 is 1.26 bits per heavy atom. The predicted molar refractivity (Wildman–Crippen MR) is 228 cm³/mol. The van der Waals surface area contributed by atoms with Crippen molar-refractivity contribution in [1.82, 2.24) is 9.80 Å². The van der Waals surface area contributed by atoms with Crippen LogP contribution in [-0.2, 0) is 19.1 Å². The van der Waals surface area contributed by atoms with Crippen LogP contribution in [0.5, 0.6) is 0 Å². The molecule has 2 aromatic rings. The third-order valence-electron chi connectivity index (χ3n) is 12.9. The molecule has 0 amide bonds. The molecule has 2 heterocycles. The van der Waals surface area contributed by atoms with Crippen molar-refractivity contribution in [2.75, 3.05) is 13.1 Å². The van der Waals surface area contributed by atoms with Gasteiger partial charge in [-0.1, -0.05) is 62.1 Å². The van der Waals surface area contributed by atoms with Crippen LogP contribution in [0.15, 0.2) is 60.7 Å². The van der Waals surface area contributed by atoms with E-state index in [-0.39, 0.29) is 19.3 Å². The Balaban J connectivity index is 1.56. The highest BCUT2D eigenvalue weighted by molar-refractivity contribution is 5.90. The first-order chi connectivity index (χ1) is 28.6. The van der Waals surface area contributed by atoms with Crippen molar-refractivity contribution in [3.8, 4) is 0 Å². The molecule has 0 saturated carbocycles. The molecule has 0 spiro atoms. The van der Waals surface area contributed by atoms with Crippen molar-refractivity contribution >= 4 is 23.9 Å². The van der Waals surface area contributed by atoms with Crippen LogP contribution < -0.4 is 10.2 Å². The molecule has 62 heavy (non-hydrogen) atoms. The first kappa shape index (κ1) is 50.7. The second-order valence-corrected chi connectivity index (χ2v) is 20.6. The van der Waals surface area contributed by atoms with E-state index >= 15 is 0 Å². The Kier molecular flexibility index (Phi) is 16.2. The average molecular weight is 867 g/mol. The number of hydrogen-bond donors (Lipinski definition) is 4. The van der Waals surface area contributed by atoms with Crippen molar-refractivity contribution in [3.05, 3.63) is 71.8 Å². The molecule has 0 aliphatic carbocycles. The number of β-amino-alcohol motifs (C(OH)–C–C–N with tert-alkyl or cyclic N) is 4. The average Bonchev–Trinajstić information content (AvgIpc) is 3.14. The number of aliphatic hydroxyl groups is 4. The standard InChI is InChI=1S/C48H72N2O12/c1-42(2)26-36(61-39(53)34-20-14-12-15-21-34)27-43(3,4)49(42)32-47(57,58)30-46(41(55)56,25-19-11-9-10-18-24-38(51)52)31-48(59,60)33-50-44(5,6)28-37(29-45(50,7)8)62-40(54)35-22-16-13-17-23-35/h12-17,20-23,36-37,57-60H,9-11,18-19,24-33H2,1-8H3,(H,51,52)(H,55,56)/p-2. The van der Waals surface area contributed by atoms with Gasteiger partial charge in [0.15, 0.2) is 11.6 Å². The van der Waals surface area contributed by atoms with Crippen LogP contribution in [0.4, 0.5) is 0 Å². The van der Waals surface area contributed by atoms with Crippen molar-refractivity contribution in [2.24, 2.45) is 5.41 Å². The fourth-order valence-corrected chi connectivity index (χ4v) is 10.5. The van der Waals surface area contributed by atoms with Crippen molar-refractivity contribution < 1.29 is 59.3 Å². The largest absolute Gasteiger partial charge is 0.550 e. The molecule has 346 valence electrons. The van der Waals surface area contributed by atoms with Gasteiger partial charge in [-0.05, 0) is 98.9 Å². The van der Waals surface area contributed by atoms with Gasteiger partial charge in [-0.25, -0.2) is 9.59 Å². The highest BCUT2D eigenvalue weighted by atomic mass is 16.5. The third kappa shape index (κ3) is 13.8. The Morgan fingerprint density at radius 2 is 0.919 bits per heavy atom. The van der Waals surface area contributed by atoms with E-state index in [0.29, 0.717) is 62.5 Å². The minimum absolute atomic E-state index is 0.100. The lowest BCUT2D eigenvalue weighted by molar-refractivity contribution is -0.334. The lowest BCUT2D eigenvalue weighted by Crippen LogP contribution is -2.67. The van der Waals surface area contributed by atoms with E-state index in [9.17, 15) is 49.8 Å². The Bertz CT molecular complexity index is 1680. The fourth-order valence-electron chi connectivity index (χ4n) is 10.5.